The molecule has 1 fully saturated rings. The number of nitrogens with one attached hydrogen (secondary N) is 3. The van der Waals surface area contributed by atoms with E-state index in [-0.39, 0.29) is 12.1 Å². The summed E-state index contributed by atoms with van der Waals surface area (Å²) in [5.74, 6) is 2.00. The van der Waals surface area contributed by atoms with Crippen molar-refractivity contribution in [2.45, 2.75) is 32.4 Å². The highest BCUT2D eigenvalue weighted by Gasteiger charge is 2.34. The van der Waals surface area contributed by atoms with Crippen LogP contribution in [0.2, 0.25) is 0 Å². The van der Waals surface area contributed by atoms with E-state index in [4.69, 9.17) is 9.47 Å². The number of aromatic amines is 1. The van der Waals surface area contributed by atoms with Gasteiger partial charge in [-0.15, -0.1) is 0 Å². The second-order valence-corrected chi connectivity index (χ2v) is 6.57. The van der Waals surface area contributed by atoms with Crippen LogP contribution in [0.4, 0.5) is 4.79 Å². The zero-order valence-electron chi connectivity index (χ0n) is 14.2. The van der Waals surface area contributed by atoms with Crippen molar-refractivity contribution in [3.63, 3.8) is 0 Å². The summed E-state index contributed by atoms with van der Waals surface area (Å²) < 4.78 is 11.2. The number of aryl methyl sites for hydroxylation is 1. The van der Waals surface area contributed by atoms with E-state index < -0.39 is 0 Å². The average molecular weight is 342 g/mol. The number of urea groups is 1. The van der Waals surface area contributed by atoms with E-state index in [2.05, 4.69) is 20.8 Å². The first-order valence-electron chi connectivity index (χ1n) is 8.63. The Morgan fingerprint density at radius 3 is 2.84 bits per heavy atom. The molecule has 2 aromatic rings. The summed E-state index contributed by atoms with van der Waals surface area (Å²) in [5.41, 5.74) is 3.00. The van der Waals surface area contributed by atoms with Crippen LogP contribution in [0.1, 0.15) is 35.7 Å². The monoisotopic (exact) mass is 342 g/mol. The third-order valence-electron chi connectivity index (χ3n) is 4.68. The van der Waals surface area contributed by atoms with Crippen molar-refractivity contribution < 1.29 is 14.3 Å². The topological polar surface area (TPSA) is 88.3 Å². The Labute approximate surface area is 146 Å². The molecule has 0 bridgehead atoms. The molecular formula is C18H22N4O3. The normalized spacial score (nSPS) is 17.0. The molecule has 4 rings (SSSR count). The summed E-state index contributed by atoms with van der Waals surface area (Å²) in [4.78, 5) is 12.3. The fourth-order valence-electron chi connectivity index (χ4n) is 3.08. The minimum atomic E-state index is -0.174. The van der Waals surface area contributed by atoms with Gasteiger partial charge in [0.15, 0.2) is 11.5 Å². The molecule has 1 aromatic carbocycles. The molecule has 1 atom stereocenters. The highest BCUT2D eigenvalue weighted by molar-refractivity contribution is 5.74. The number of rotatable bonds is 5. The first-order valence-corrected chi connectivity index (χ1v) is 8.63. The molecule has 1 aromatic heterocycles. The van der Waals surface area contributed by atoms with Gasteiger partial charge in [0.25, 0.3) is 0 Å². The van der Waals surface area contributed by atoms with Crippen LogP contribution in [-0.4, -0.2) is 29.4 Å². The molecule has 3 N–H and O–H groups in total. The van der Waals surface area contributed by atoms with E-state index in [1.54, 1.807) is 6.20 Å². The van der Waals surface area contributed by atoms with Gasteiger partial charge in [0, 0.05) is 17.8 Å². The number of benzene rings is 1. The third kappa shape index (κ3) is 3.55. The first kappa shape index (κ1) is 15.8. The molecule has 2 heterocycles. The van der Waals surface area contributed by atoms with E-state index in [1.165, 1.54) is 0 Å². The van der Waals surface area contributed by atoms with Gasteiger partial charge in [-0.25, -0.2) is 4.79 Å². The lowest BCUT2D eigenvalue weighted by Gasteiger charge is -2.23. The molecule has 7 nitrogen and oxygen atoms in total. The summed E-state index contributed by atoms with van der Waals surface area (Å²) in [6.07, 6.45) is 3.98. The largest absolute Gasteiger partial charge is 0.486 e. The predicted molar refractivity (Wildman–Crippen MR) is 91.6 cm³/mol. The van der Waals surface area contributed by atoms with Crippen LogP contribution in [0.3, 0.4) is 0 Å². The van der Waals surface area contributed by atoms with Gasteiger partial charge in [-0.1, -0.05) is 6.07 Å². The molecule has 0 unspecified atom stereocenters. The van der Waals surface area contributed by atoms with Gasteiger partial charge in [0.2, 0.25) is 0 Å². The van der Waals surface area contributed by atoms with Crippen LogP contribution in [0, 0.1) is 12.8 Å². The molecule has 0 saturated heterocycles. The van der Waals surface area contributed by atoms with Gasteiger partial charge in [-0.3, -0.25) is 5.10 Å². The van der Waals surface area contributed by atoms with Crippen LogP contribution in [0.25, 0.3) is 0 Å². The molecule has 1 saturated carbocycles. The van der Waals surface area contributed by atoms with Gasteiger partial charge >= 0.3 is 6.03 Å². The highest BCUT2D eigenvalue weighted by Crippen LogP contribution is 2.43. The van der Waals surface area contributed by atoms with E-state index in [0.717, 1.165) is 41.2 Å². The Morgan fingerprint density at radius 2 is 2.12 bits per heavy atom. The Morgan fingerprint density at radius 1 is 1.32 bits per heavy atom. The van der Waals surface area contributed by atoms with Gasteiger partial charge < -0.3 is 20.1 Å². The second-order valence-electron chi connectivity index (χ2n) is 6.57. The molecule has 2 aliphatic rings. The molecule has 1 aliphatic carbocycles. The Hall–Kier alpha value is -2.70. The highest BCUT2D eigenvalue weighted by atomic mass is 16.6. The smallest absolute Gasteiger partial charge is 0.315 e. The summed E-state index contributed by atoms with van der Waals surface area (Å²) in [6, 6.07) is 5.73. The van der Waals surface area contributed by atoms with Gasteiger partial charge in [-0.05, 0) is 43.4 Å². The van der Waals surface area contributed by atoms with Crippen LogP contribution < -0.4 is 20.1 Å². The predicted octanol–water partition coefficient (Wildman–Crippen LogP) is 2.44. The number of ether oxygens (including phenoxy) is 2. The third-order valence-corrected chi connectivity index (χ3v) is 4.68. The summed E-state index contributed by atoms with van der Waals surface area (Å²) in [5, 5.41) is 12.8. The Kier molecular flexibility index (Phi) is 4.21. The molecule has 0 spiro atoms. The van der Waals surface area contributed by atoms with Crippen molar-refractivity contribution in [2.75, 3.05) is 13.2 Å². The number of aromatic nitrogens is 2. The lowest BCUT2D eigenvalue weighted by Crippen LogP contribution is -2.38. The molecular weight excluding hydrogens is 320 g/mol. The number of nitrogens with zero attached hydrogens (tertiary/aromatic N) is 1. The van der Waals surface area contributed by atoms with Crippen LogP contribution >= 0.6 is 0 Å². The first-order chi connectivity index (χ1) is 12.2. The summed E-state index contributed by atoms with van der Waals surface area (Å²) in [7, 11) is 0. The number of amides is 2. The molecule has 1 aliphatic heterocycles. The lowest BCUT2D eigenvalue weighted by atomic mass is 10.0. The summed E-state index contributed by atoms with van der Waals surface area (Å²) in [6.45, 7) is 3.52. The van der Waals surface area contributed by atoms with Crippen LogP contribution in [-0.2, 0) is 6.54 Å². The number of hydrogen-bond donors (Lipinski definition) is 3. The minimum absolute atomic E-state index is 0.0127. The Balaban J connectivity index is 1.43. The Bertz CT molecular complexity index is 769. The van der Waals surface area contributed by atoms with E-state index in [9.17, 15) is 4.79 Å². The van der Waals surface area contributed by atoms with Crippen molar-refractivity contribution in [1.29, 1.82) is 0 Å². The molecule has 25 heavy (non-hydrogen) atoms. The maximum Gasteiger partial charge on any atom is 0.315 e. The molecule has 2 amide bonds. The van der Waals surface area contributed by atoms with E-state index in [0.29, 0.717) is 25.7 Å². The maximum absolute atomic E-state index is 12.3. The number of hydrogen-bond acceptors (Lipinski definition) is 4. The molecule has 0 radical (unpaired) electrons. The average Bonchev–Trinajstić information content (AvgIpc) is 3.39. The van der Waals surface area contributed by atoms with E-state index in [1.807, 2.05) is 25.1 Å². The number of fused-ring (bicyclic) bond motifs is 1. The zero-order chi connectivity index (χ0) is 17.2. The van der Waals surface area contributed by atoms with Crippen molar-refractivity contribution in [2.24, 2.45) is 5.92 Å². The molecule has 7 heteroatoms. The van der Waals surface area contributed by atoms with Gasteiger partial charge in [-0.2, -0.15) is 5.10 Å². The fraction of sp³-hybridized carbons (Fsp3) is 0.444. The lowest BCUT2D eigenvalue weighted by molar-refractivity contribution is 0.171. The van der Waals surface area contributed by atoms with Crippen LogP contribution in [0.5, 0.6) is 11.5 Å². The van der Waals surface area contributed by atoms with Crippen LogP contribution in [0.15, 0.2) is 24.4 Å². The maximum atomic E-state index is 12.3. The SMILES string of the molecule is Cc1[nH]ncc1CNC(=O)N[C@@H](c1ccc2c(c1)OCCO2)C1CC1. The molecule has 132 valence electrons. The van der Waals surface area contributed by atoms with Gasteiger partial charge in [0.1, 0.15) is 13.2 Å². The zero-order valence-corrected chi connectivity index (χ0v) is 14.2. The van der Waals surface area contributed by atoms with Crippen molar-refractivity contribution >= 4 is 6.03 Å². The van der Waals surface area contributed by atoms with E-state index >= 15 is 0 Å². The standard InChI is InChI=1S/C18H22N4O3/c1-11-14(10-20-22-11)9-19-18(23)21-17(12-2-3-12)13-4-5-15-16(8-13)25-7-6-24-15/h4-5,8,10,12,17H,2-3,6-7,9H2,1H3,(H,20,22)(H2,19,21,23)/t17-/m1/s1. The minimum Gasteiger partial charge on any atom is -0.486 e. The van der Waals surface area contributed by atoms with Crippen molar-refractivity contribution in [1.82, 2.24) is 20.8 Å². The van der Waals surface area contributed by atoms with Crippen molar-refractivity contribution in [3.8, 4) is 11.5 Å². The number of carbonyl (C=O) groups is 1. The van der Waals surface area contributed by atoms with Gasteiger partial charge in [0.05, 0.1) is 12.2 Å². The second kappa shape index (κ2) is 6.66. The quantitative estimate of drug-likeness (QED) is 0.779. The number of H-pyrrole nitrogens is 1. The van der Waals surface area contributed by atoms with Crippen molar-refractivity contribution in [3.05, 3.63) is 41.2 Å². The fourth-order valence-corrected chi connectivity index (χ4v) is 3.08. The number of carbonyl (C=O) groups excluding carboxylic acids is 1. The summed E-state index contributed by atoms with van der Waals surface area (Å²) >= 11 is 0.